The topological polar surface area (TPSA) is 409 Å². The third kappa shape index (κ3) is 18.9. The number of H-pyrrole nitrogens is 2. The minimum Gasteiger partial charge on any atom is -0.870 e. The van der Waals surface area contributed by atoms with Crippen LogP contribution in [0, 0.1) is 0 Å². The molecule has 0 saturated carbocycles. The number of furan rings is 4. The molecule has 34 heteroatoms. The van der Waals surface area contributed by atoms with Gasteiger partial charge in [0.25, 0.3) is 11.6 Å². The average Bonchev–Trinajstić information content (AvgIpc) is 4.10. The number of nitrogens with one attached hydrogen (secondary N) is 3. The van der Waals surface area contributed by atoms with Gasteiger partial charge in [0.15, 0.2) is 0 Å². The molecule has 10 rings (SSSR count). The molecule has 402 valence electrons. The fourth-order valence-electron chi connectivity index (χ4n) is 6.19. The van der Waals surface area contributed by atoms with Gasteiger partial charge in [-0.3, -0.25) is 24.6 Å². The molecule has 0 radical (unpaired) electrons. The SMILES string of the molecule is CO.COC(=O)c1c(N)oc2ccccc12.COC(=O)c1c(NC(N)=O)oc2ccccc12.Clc1nc(Cl)c2c(n1)oc1ccccc12.O=C=NS(=O)(=O)Cl.O=P(Cl)(Cl)Cl.O=c1[nH]c(=O)c2c([nH]1)oc1ccccc12.[Na+].[OH-]. The molecule has 0 aliphatic heterocycles. The summed E-state index contributed by atoms with van der Waals surface area (Å²) in [5.74, 6) is -0.991. The molecule has 0 fully saturated rings. The van der Waals surface area contributed by atoms with Crippen LogP contribution in [-0.4, -0.2) is 84.3 Å². The van der Waals surface area contributed by atoms with E-state index in [0.29, 0.717) is 60.1 Å². The molecule has 2 amide bonds. The summed E-state index contributed by atoms with van der Waals surface area (Å²) in [6.45, 7) is 0. The number of ether oxygens (including phenoxy) is 2. The molecule has 9 N–H and O–H groups in total. The standard InChI is InChI=1S/C11H10N2O4.C10H4Cl2N2O.C10H6N2O3.C10H9NO3.CClNO3S.CH4O.Cl3OP.Na.H2O/c1-16-10(14)8-6-4-2-3-5-7(6)17-9(8)13-11(12)15;11-8-7-5-3-1-2-4-6(5)15-9(7)14-10(12)13-8;13-8-7-5-3-1-2-4-6(5)15-9(7)12-10(14)11-8;1-13-10(12)8-6-4-2-3-5-7(6)14-9(8)11;2-7(5,6)3-1-4;1-2;1-5(2,3)4;;/h2-5H,1H3,(H3,12,13,15);1-4H;1-4H,(H2,11,12,13,14);2-5H,11H2,1H3;;2H,1H3;;;1H2/q;;;;;;;+1;/p-1. The number of rotatable bonds is 4. The fourth-order valence-corrected chi connectivity index (χ4v) is 6.83. The number of urea groups is 1. The summed E-state index contributed by atoms with van der Waals surface area (Å²) in [7, 11) is 3.93. The molecule has 6 heterocycles. The van der Waals surface area contributed by atoms with Crippen molar-refractivity contribution in [2.24, 2.45) is 10.1 Å². The zero-order valence-corrected chi connectivity index (χ0v) is 47.6. The number of fused-ring (bicyclic) bond motifs is 8. The number of aromatic amines is 2. The molecule has 25 nitrogen and oxygen atoms in total. The third-order valence-electron chi connectivity index (χ3n) is 8.82. The van der Waals surface area contributed by atoms with Gasteiger partial charge in [-0.25, -0.2) is 29.0 Å². The molecular formula is C43H34Cl6N8NaO17PS. The summed E-state index contributed by atoms with van der Waals surface area (Å²) in [5.41, 5.74) is 13.0. The molecule has 0 bridgehead atoms. The van der Waals surface area contributed by atoms with Crippen molar-refractivity contribution >= 4 is 184 Å². The van der Waals surface area contributed by atoms with E-state index in [1.807, 2.05) is 42.5 Å². The van der Waals surface area contributed by atoms with Crippen molar-refractivity contribution in [3.8, 4) is 0 Å². The minimum atomic E-state index is -4.00. The first kappa shape index (κ1) is 66.7. The van der Waals surface area contributed by atoms with E-state index in [0.717, 1.165) is 24.2 Å². The Balaban J connectivity index is 0.000000323. The van der Waals surface area contributed by atoms with Crippen LogP contribution >= 0.6 is 72.8 Å². The quantitative estimate of drug-likeness (QED) is 0.0148. The van der Waals surface area contributed by atoms with E-state index in [1.54, 1.807) is 54.6 Å². The Hall–Kier alpha value is -6.45. The molecule has 77 heavy (non-hydrogen) atoms. The van der Waals surface area contributed by atoms with E-state index in [2.05, 4.69) is 83.5 Å². The zero-order chi connectivity index (χ0) is 55.8. The monoisotopic (exact) mass is 1230 g/mol. The first-order valence-electron chi connectivity index (χ1n) is 19.8. The van der Waals surface area contributed by atoms with Gasteiger partial charge in [-0.2, -0.15) is 13.4 Å². The van der Waals surface area contributed by atoms with Crippen LogP contribution < -0.4 is 57.6 Å². The van der Waals surface area contributed by atoms with Gasteiger partial charge >= 0.3 is 67.7 Å². The Kier molecular flexibility index (Phi) is 26.4. The van der Waals surface area contributed by atoms with Gasteiger partial charge in [-0.1, -0.05) is 88.8 Å². The first-order chi connectivity index (χ1) is 35.4. The summed E-state index contributed by atoms with van der Waals surface area (Å²) in [6, 6.07) is 27.9. The second kappa shape index (κ2) is 30.5. The number of benzene rings is 4. The molecule has 6 aromatic heterocycles. The molecule has 10 aromatic rings. The van der Waals surface area contributed by atoms with Crippen LogP contribution in [-0.2, 0) is 28.1 Å². The fraction of sp³-hybridized carbons (Fsp3) is 0.0698. The van der Waals surface area contributed by atoms with Gasteiger partial charge in [0.1, 0.15) is 44.0 Å². The number of primary amides is 1. The van der Waals surface area contributed by atoms with Crippen LogP contribution in [0.5, 0.6) is 0 Å². The van der Waals surface area contributed by atoms with E-state index in [-0.39, 0.29) is 63.4 Å². The average molecular weight is 1230 g/mol. The molecule has 0 spiro atoms. The number of halogens is 6. The van der Waals surface area contributed by atoms with Crippen LogP contribution in [0.15, 0.2) is 129 Å². The maximum atomic E-state index is 11.6. The number of nitrogens with zero attached hydrogens (tertiary/aromatic N) is 3. The van der Waals surface area contributed by atoms with Gasteiger partial charge in [0, 0.05) is 39.3 Å². The number of esters is 2. The van der Waals surface area contributed by atoms with Crippen LogP contribution in [0.2, 0.25) is 10.4 Å². The van der Waals surface area contributed by atoms with Crippen molar-refractivity contribution in [1.29, 1.82) is 0 Å². The number of hydrogen-bond donors (Lipinski definition) is 6. The first-order valence-corrected chi connectivity index (χ1v) is 27.2. The number of methoxy groups -OCH3 is 2. The number of aliphatic hydroxyl groups excluding tert-OH is 1. The number of carbonyl (C=O) groups excluding carboxylic acids is 4. The maximum Gasteiger partial charge on any atom is 1.00 e. The van der Waals surface area contributed by atoms with Gasteiger partial charge in [-0.15, -0.1) is 0 Å². The van der Waals surface area contributed by atoms with Crippen LogP contribution in [0.4, 0.5) is 16.6 Å². The van der Waals surface area contributed by atoms with E-state index in [4.69, 9.17) is 62.2 Å². The predicted octanol–water partition coefficient (Wildman–Crippen LogP) is 7.21. The molecule has 0 aliphatic carbocycles. The van der Waals surface area contributed by atoms with Crippen molar-refractivity contribution in [3.05, 3.63) is 139 Å². The number of carbonyl (C=O) groups is 3. The summed E-state index contributed by atoms with van der Waals surface area (Å²) >= 11 is 25.5. The Morgan fingerprint density at radius 2 is 1.16 bits per heavy atom. The Labute approximate surface area is 481 Å². The molecule has 4 aromatic carbocycles. The number of anilines is 2. The normalized spacial score (nSPS) is 10.3. The number of hydrogen-bond acceptors (Lipinski definition) is 20. The number of amides is 2. The van der Waals surface area contributed by atoms with E-state index in [9.17, 15) is 37.0 Å². The Morgan fingerprint density at radius 3 is 1.62 bits per heavy atom. The second-order valence-corrected chi connectivity index (χ2v) is 22.9. The third-order valence-corrected chi connectivity index (χ3v) is 9.77. The second-order valence-electron chi connectivity index (χ2n) is 13.4. The molecule has 0 saturated heterocycles. The number of isocyanates is 1. The number of aromatic nitrogens is 4. The van der Waals surface area contributed by atoms with Crippen molar-refractivity contribution in [1.82, 2.24) is 19.9 Å². The minimum absolute atomic E-state index is 0. The smallest absolute Gasteiger partial charge is 0.870 e. The van der Waals surface area contributed by atoms with Gasteiger partial charge < -0.3 is 49.2 Å². The van der Waals surface area contributed by atoms with E-state index >= 15 is 0 Å². The molecule has 0 aliphatic rings. The van der Waals surface area contributed by atoms with Gasteiger partial charge in [0.05, 0.1) is 19.6 Å². The zero-order valence-electron chi connectivity index (χ0n) is 39.4. The van der Waals surface area contributed by atoms with E-state index < -0.39 is 43.7 Å². The molecule has 0 unspecified atom stereocenters. The summed E-state index contributed by atoms with van der Waals surface area (Å²) in [6.07, 6.45) is 0.763. The van der Waals surface area contributed by atoms with Crippen molar-refractivity contribution in [2.45, 2.75) is 0 Å². The van der Waals surface area contributed by atoms with E-state index in [1.165, 1.54) is 14.2 Å². The van der Waals surface area contributed by atoms with Crippen molar-refractivity contribution < 1.29 is 99.4 Å². The summed E-state index contributed by atoms with van der Waals surface area (Å²) in [5, 5.41) is 10.3. The van der Waals surface area contributed by atoms with Crippen molar-refractivity contribution in [3.63, 3.8) is 0 Å². The number of nitrogens with two attached hydrogens (primary N) is 2. The maximum absolute atomic E-state index is 11.6. The van der Waals surface area contributed by atoms with Gasteiger partial charge in [-0.05, 0) is 69.6 Å². The molecule has 0 atom stereocenters. The molecular weight excluding hydrogens is 1200 g/mol. The van der Waals surface area contributed by atoms with Crippen LogP contribution in [0.1, 0.15) is 20.7 Å². The number of nitrogen functional groups attached to an aromatic ring is 1. The van der Waals surface area contributed by atoms with Crippen LogP contribution in [0.3, 0.4) is 0 Å². The largest absolute Gasteiger partial charge is 1.00 e. The van der Waals surface area contributed by atoms with Gasteiger partial charge in [0.2, 0.25) is 28.5 Å². The Bertz CT molecular complexity index is 4020. The Morgan fingerprint density at radius 1 is 0.727 bits per heavy atom. The summed E-state index contributed by atoms with van der Waals surface area (Å²) < 4.78 is 61.4. The number of aliphatic hydroxyl groups is 1. The van der Waals surface area contributed by atoms with Crippen molar-refractivity contribution in [2.75, 3.05) is 32.4 Å². The number of para-hydroxylation sites is 4. The van der Waals surface area contributed by atoms with Crippen LogP contribution in [0.25, 0.3) is 66.1 Å². The summed E-state index contributed by atoms with van der Waals surface area (Å²) in [4.78, 5) is 77.9. The predicted molar refractivity (Wildman–Crippen MR) is 285 cm³/mol.